The third-order valence-electron chi connectivity index (χ3n) is 3.96. The summed E-state index contributed by atoms with van der Waals surface area (Å²) in [4.78, 5) is 11.1. The highest BCUT2D eigenvalue weighted by atomic mass is 15.3. The van der Waals surface area contributed by atoms with Crippen molar-refractivity contribution in [2.45, 2.75) is 46.0 Å². The topological polar surface area (TPSA) is 67.1 Å². The van der Waals surface area contributed by atoms with Crippen molar-refractivity contribution in [2.24, 2.45) is 11.8 Å². The average Bonchev–Trinajstić information content (AvgIpc) is 2.36. The van der Waals surface area contributed by atoms with E-state index in [9.17, 15) is 0 Å². The molecule has 3 N–H and O–H groups in total. The molecule has 0 unspecified atom stereocenters. The predicted molar refractivity (Wildman–Crippen MR) is 79.2 cm³/mol. The van der Waals surface area contributed by atoms with E-state index in [1.807, 2.05) is 0 Å². The Hall–Kier alpha value is -1.36. The van der Waals surface area contributed by atoms with Crippen LogP contribution in [-0.4, -0.2) is 23.1 Å². The van der Waals surface area contributed by atoms with Gasteiger partial charge in [-0.2, -0.15) is 0 Å². The minimum absolute atomic E-state index is 0.345. The Balaban J connectivity index is 2.29. The number of hydrogen-bond acceptors (Lipinski definition) is 5. The zero-order valence-corrected chi connectivity index (χ0v) is 12.2. The zero-order valence-electron chi connectivity index (χ0n) is 12.2. The van der Waals surface area contributed by atoms with E-state index in [1.54, 1.807) is 6.33 Å². The number of nitrogen functional groups attached to an aromatic ring is 1. The van der Waals surface area contributed by atoms with Gasteiger partial charge in [-0.25, -0.2) is 15.8 Å². The molecule has 1 heterocycles. The molecule has 0 saturated heterocycles. The van der Waals surface area contributed by atoms with E-state index in [0.29, 0.717) is 5.92 Å². The fraction of sp³-hybridized carbons (Fsp3) is 0.714. The first-order chi connectivity index (χ1) is 9.17. The van der Waals surface area contributed by atoms with Gasteiger partial charge in [0.2, 0.25) is 0 Å². The van der Waals surface area contributed by atoms with Crippen molar-refractivity contribution in [1.82, 2.24) is 9.97 Å². The summed E-state index contributed by atoms with van der Waals surface area (Å²) in [5.41, 5.74) is 3.82. The van der Waals surface area contributed by atoms with Crippen molar-refractivity contribution in [2.75, 3.05) is 23.4 Å². The van der Waals surface area contributed by atoms with Crippen LogP contribution in [0, 0.1) is 5.92 Å². The van der Waals surface area contributed by atoms with Crippen molar-refractivity contribution in [3.8, 4) is 0 Å². The molecule has 0 aliphatic heterocycles. The van der Waals surface area contributed by atoms with E-state index >= 15 is 0 Å². The summed E-state index contributed by atoms with van der Waals surface area (Å²) < 4.78 is 0. The normalized spacial score (nSPS) is 15.4. The summed E-state index contributed by atoms with van der Waals surface area (Å²) in [6.07, 6.45) is 5.67. The van der Waals surface area contributed by atoms with Crippen LogP contribution in [0.15, 0.2) is 6.33 Å². The molecular weight excluding hydrogens is 238 g/mol. The van der Waals surface area contributed by atoms with Gasteiger partial charge in [-0.15, -0.1) is 0 Å². The van der Waals surface area contributed by atoms with Gasteiger partial charge in [0.15, 0.2) is 0 Å². The maximum absolute atomic E-state index is 5.58. The Morgan fingerprint density at radius 2 is 2.16 bits per heavy atom. The third kappa shape index (κ3) is 2.97. The lowest BCUT2D eigenvalue weighted by molar-refractivity contribution is 0.318. The fourth-order valence-electron chi connectivity index (χ4n) is 2.64. The summed E-state index contributed by atoms with van der Waals surface area (Å²) in [5, 5.41) is 0. The zero-order chi connectivity index (χ0) is 13.8. The second-order valence-corrected chi connectivity index (χ2v) is 5.59. The van der Waals surface area contributed by atoms with Crippen molar-refractivity contribution >= 4 is 11.6 Å². The lowest BCUT2D eigenvalue weighted by Gasteiger charge is -2.34. The van der Waals surface area contributed by atoms with E-state index < -0.39 is 0 Å². The molecule has 0 aromatic carbocycles. The highest BCUT2D eigenvalue weighted by Gasteiger charge is 2.24. The maximum Gasteiger partial charge on any atom is 0.148 e. The van der Waals surface area contributed by atoms with Gasteiger partial charge in [0.1, 0.15) is 18.0 Å². The lowest BCUT2D eigenvalue weighted by atomic mass is 9.85. The highest BCUT2D eigenvalue weighted by molar-refractivity contribution is 5.59. The van der Waals surface area contributed by atoms with E-state index in [2.05, 4.69) is 41.1 Å². The van der Waals surface area contributed by atoms with Crippen LogP contribution >= 0.6 is 0 Å². The summed E-state index contributed by atoms with van der Waals surface area (Å²) >= 11 is 0. The molecule has 1 aromatic heterocycles. The molecule has 106 valence electrons. The molecule has 0 atom stereocenters. The Bertz CT molecular complexity index is 414. The fourth-order valence-corrected chi connectivity index (χ4v) is 2.64. The van der Waals surface area contributed by atoms with Gasteiger partial charge < -0.3 is 10.3 Å². The molecular formula is C14H25N5. The number of rotatable bonds is 6. The van der Waals surface area contributed by atoms with Gasteiger partial charge in [0, 0.05) is 18.7 Å². The number of nitrogens with one attached hydrogen (secondary N) is 1. The van der Waals surface area contributed by atoms with Gasteiger partial charge in [-0.05, 0) is 31.6 Å². The molecule has 0 amide bonds. The lowest BCUT2D eigenvalue weighted by Crippen LogP contribution is -2.34. The molecule has 5 nitrogen and oxygen atoms in total. The van der Waals surface area contributed by atoms with Gasteiger partial charge in [0.25, 0.3) is 0 Å². The number of nitrogens with two attached hydrogens (primary N) is 1. The highest BCUT2D eigenvalue weighted by Crippen LogP contribution is 2.33. The standard InChI is InChI=1S/C14H25N5/c1-4-19(8-11-6-5-7-11)14-12(10(2)3)13(18-15)16-9-17-14/h9-11H,4-8,15H2,1-3H3,(H,16,17,18). The average molecular weight is 263 g/mol. The second-order valence-electron chi connectivity index (χ2n) is 5.59. The van der Waals surface area contributed by atoms with Gasteiger partial charge in [-0.3, -0.25) is 0 Å². The molecule has 1 saturated carbocycles. The first kappa shape index (κ1) is 14.1. The Morgan fingerprint density at radius 1 is 1.42 bits per heavy atom. The summed E-state index contributed by atoms with van der Waals surface area (Å²) in [6.45, 7) is 8.55. The van der Waals surface area contributed by atoms with Gasteiger partial charge >= 0.3 is 0 Å². The molecule has 1 fully saturated rings. The van der Waals surface area contributed by atoms with E-state index in [4.69, 9.17) is 5.84 Å². The van der Waals surface area contributed by atoms with Crippen molar-refractivity contribution in [1.29, 1.82) is 0 Å². The van der Waals surface area contributed by atoms with Gasteiger partial charge in [-0.1, -0.05) is 20.3 Å². The van der Waals surface area contributed by atoms with Crippen molar-refractivity contribution < 1.29 is 0 Å². The Labute approximate surface area is 115 Å². The minimum Gasteiger partial charge on any atom is -0.356 e. The van der Waals surface area contributed by atoms with E-state index in [1.165, 1.54) is 19.3 Å². The van der Waals surface area contributed by atoms with E-state index in [-0.39, 0.29) is 0 Å². The molecule has 1 aliphatic rings. The predicted octanol–water partition coefficient (Wildman–Crippen LogP) is 2.51. The van der Waals surface area contributed by atoms with Crippen molar-refractivity contribution in [3.05, 3.63) is 11.9 Å². The minimum atomic E-state index is 0.345. The quantitative estimate of drug-likeness (QED) is 0.610. The maximum atomic E-state index is 5.58. The molecule has 1 aromatic rings. The van der Waals surface area contributed by atoms with Crippen LogP contribution in [0.3, 0.4) is 0 Å². The molecule has 2 rings (SSSR count). The molecule has 1 aliphatic carbocycles. The van der Waals surface area contributed by atoms with Crippen LogP contribution in [0.25, 0.3) is 0 Å². The van der Waals surface area contributed by atoms with Crippen LogP contribution in [-0.2, 0) is 0 Å². The first-order valence-electron chi connectivity index (χ1n) is 7.23. The van der Waals surface area contributed by atoms with Crippen LogP contribution in [0.2, 0.25) is 0 Å². The largest absolute Gasteiger partial charge is 0.356 e. The third-order valence-corrected chi connectivity index (χ3v) is 3.96. The summed E-state index contributed by atoms with van der Waals surface area (Å²) in [7, 11) is 0. The molecule has 5 heteroatoms. The number of anilines is 2. The van der Waals surface area contributed by atoms with Crippen LogP contribution in [0.1, 0.15) is 51.5 Å². The first-order valence-corrected chi connectivity index (χ1v) is 7.23. The SMILES string of the molecule is CCN(CC1CCC1)c1ncnc(NN)c1C(C)C. The summed E-state index contributed by atoms with van der Waals surface area (Å²) in [6, 6.07) is 0. The second kappa shape index (κ2) is 6.19. The van der Waals surface area contributed by atoms with Crippen molar-refractivity contribution in [3.63, 3.8) is 0 Å². The van der Waals surface area contributed by atoms with Crippen LogP contribution < -0.4 is 16.2 Å². The molecule has 0 spiro atoms. The summed E-state index contributed by atoms with van der Waals surface area (Å²) in [5.74, 6) is 8.52. The molecule has 19 heavy (non-hydrogen) atoms. The smallest absolute Gasteiger partial charge is 0.148 e. The molecule has 0 bridgehead atoms. The molecule has 0 radical (unpaired) electrons. The Morgan fingerprint density at radius 3 is 2.63 bits per heavy atom. The number of hydrazine groups is 1. The Kier molecular flexibility index (Phi) is 4.58. The van der Waals surface area contributed by atoms with Crippen LogP contribution in [0.4, 0.5) is 11.6 Å². The monoisotopic (exact) mass is 263 g/mol. The van der Waals surface area contributed by atoms with E-state index in [0.717, 1.165) is 36.2 Å². The number of hydrogen-bond donors (Lipinski definition) is 2. The number of nitrogens with zero attached hydrogens (tertiary/aromatic N) is 3. The van der Waals surface area contributed by atoms with Gasteiger partial charge in [0.05, 0.1) is 0 Å². The number of aromatic nitrogens is 2. The van der Waals surface area contributed by atoms with Crippen LogP contribution in [0.5, 0.6) is 0 Å².